The topological polar surface area (TPSA) is 77.8 Å². The van der Waals surface area contributed by atoms with Crippen LogP contribution in [-0.4, -0.2) is 39.1 Å². The zero-order valence-electron chi connectivity index (χ0n) is 10.8. The minimum Gasteiger partial charge on any atom is -0.508 e. The monoisotopic (exact) mass is 263 g/mol. The fourth-order valence-corrected chi connectivity index (χ4v) is 2.50. The van der Waals surface area contributed by atoms with Crippen molar-refractivity contribution in [1.82, 2.24) is 4.90 Å². The summed E-state index contributed by atoms with van der Waals surface area (Å²) in [6, 6.07) is 6.60. The molecule has 1 saturated heterocycles. The van der Waals surface area contributed by atoms with Gasteiger partial charge < -0.3 is 15.1 Å². The molecule has 5 nitrogen and oxygen atoms in total. The normalized spacial score (nSPS) is 22.5. The number of aromatic hydroxyl groups is 1. The Balaban J connectivity index is 2.17. The van der Waals surface area contributed by atoms with Crippen LogP contribution in [0.25, 0.3) is 0 Å². The number of carboxylic acids is 1. The second-order valence-electron chi connectivity index (χ2n) is 5.03. The number of benzene rings is 1. The lowest BCUT2D eigenvalue weighted by atomic mass is 9.98. The molecule has 102 valence electrons. The van der Waals surface area contributed by atoms with Crippen molar-refractivity contribution < 1.29 is 19.8 Å². The predicted molar refractivity (Wildman–Crippen MR) is 68.8 cm³/mol. The Morgan fingerprint density at radius 2 is 2.05 bits per heavy atom. The van der Waals surface area contributed by atoms with Crippen LogP contribution in [0.15, 0.2) is 24.3 Å². The number of phenols is 1. The van der Waals surface area contributed by atoms with E-state index in [1.54, 1.807) is 25.1 Å². The summed E-state index contributed by atoms with van der Waals surface area (Å²) in [6.45, 7) is 2.03. The van der Waals surface area contributed by atoms with Gasteiger partial charge in [0.15, 0.2) is 0 Å². The highest BCUT2D eigenvalue weighted by Crippen LogP contribution is 2.30. The van der Waals surface area contributed by atoms with Crippen LogP contribution in [0, 0.1) is 0 Å². The number of likely N-dealkylation sites (tertiary alicyclic amines) is 1. The Labute approximate surface area is 111 Å². The van der Waals surface area contributed by atoms with Crippen LogP contribution in [0.5, 0.6) is 5.75 Å². The van der Waals surface area contributed by atoms with Crippen LogP contribution in [0.1, 0.15) is 25.3 Å². The zero-order valence-corrected chi connectivity index (χ0v) is 10.8. The van der Waals surface area contributed by atoms with Gasteiger partial charge >= 0.3 is 5.97 Å². The number of phenolic OH excluding ortho intramolecular Hbond substituents is 1. The third-order valence-corrected chi connectivity index (χ3v) is 3.74. The van der Waals surface area contributed by atoms with Crippen molar-refractivity contribution in [2.75, 3.05) is 6.54 Å². The van der Waals surface area contributed by atoms with E-state index in [9.17, 15) is 19.8 Å². The maximum Gasteiger partial charge on any atom is 0.329 e. The highest BCUT2D eigenvalue weighted by Gasteiger charge is 2.45. The van der Waals surface area contributed by atoms with Gasteiger partial charge in [0, 0.05) is 12.1 Å². The average Bonchev–Trinajstić information content (AvgIpc) is 2.76. The molecule has 1 fully saturated rings. The van der Waals surface area contributed by atoms with E-state index >= 15 is 0 Å². The number of hydrogen-bond acceptors (Lipinski definition) is 3. The average molecular weight is 263 g/mol. The fourth-order valence-electron chi connectivity index (χ4n) is 2.50. The first-order valence-electron chi connectivity index (χ1n) is 6.26. The number of hydrogen-bond donors (Lipinski definition) is 2. The molecule has 0 bridgehead atoms. The summed E-state index contributed by atoms with van der Waals surface area (Å²) >= 11 is 0. The molecule has 5 heteroatoms. The molecule has 1 aromatic carbocycles. The number of carbonyl (C=O) groups excluding carboxylic acids is 1. The van der Waals surface area contributed by atoms with Gasteiger partial charge in [-0.1, -0.05) is 18.2 Å². The summed E-state index contributed by atoms with van der Waals surface area (Å²) in [5.41, 5.74) is -0.603. The molecular weight excluding hydrogens is 246 g/mol. The molecule has 0 saturated carbocycles. The van der Waals surface area contributed by atoms with Crippen molar-refractivity contribution in [1.29, 1.82) is 0 Å². The van der Waals surface area contributed by atoms with Crippen molar-refractivity contribution in [3.8, 4) is 5.75 Å². The molecule has 0 aromatic heterocycles. The van der Waals surface area contributed by atoms with Crippen molar-refractivity contribution >= 4 is 11.9 Å². The lowest BCUT2D eigenvalue weighted by molar-refractivity contribution is -0.155. The van der Waals surface area contributed by atoms with E-state index in [1.807, 2.05) is 0 Å². The Kier molecular flexibility index (Phi) is 3.46. The first-order valence-corrected chi connectivity index (χ1v) is 6.26. The van der Waals surface area contributed by atoms with Gasteiger partial charge in [0.2, 0.25) is 5.91 Å². The van der Waals surface area contributed by atoms with E-state index in [4.69, 9.17) is 0 Å². The van der Waals surface area contributed by atoms with Gasteiger partial charge in [-0.05, 0) is 25.8 Å². The third-order valence-electron chi connectivity index (χ3n) is 3.74. The first kappa shape index (κ1) is 13.4. The third kappa shape index (κ3) is 2.41. The maximum atomic E-state index is 12.2. The molecule has 0 spiro atoms. The van der Waals surface area contributed by atoms with Gasteiger partial charge in [-0.3, -0.25) is 4.79 Å². The Morgan fingerprint density at radius 1 is 1.37 bits per heavy atom. The van der Waals surface area contributed by atoms with Crippen molar-refractivity contribution in [2.45, 2.75) is 31.7 Å². The number of para-hydroxylation sites is 1. The van der Waals surface area contributed by atoms with Gasteiger partial charge in [-0.15, -0.1) is 0 Å². The Hall–Kier alpha value is -2.04. The van der Waals surface area contributed by atoms with E-state index in [0.29, 0.717) is 24.9 Å². The van der Waals surface area contributed by atoms with Gasteiger partial charge in [-0.25, -0.2) is 4.79 Å². The highest BCUT2D eigenvalue weighted by atomic mass is 16.4. The Bertz CT molecular complexity index is 514. The smallest absolute Gasteiger partial charge is 0.329 e. The van der Waals surface area contributed by atoms with E-state index < -0.39 is 11.5 Å². The molecule has 1 atom stereocenters. The Morgan fingerprint density at radius 3 is 2.68 bits per heavy atom. The fraction of sp³-hybridized carbons (Fsp3) is 0.429. The summed E-state index contributed by atoms with van der Waals surface area (Å²) in [4.78, 5) is 25.0. The van der Waals surface area contributed by atoms with E-state index in [0.717, 1.165) is 0 Å². The summed E-state index contributed by atoms with van der Waals surface area (Å²) in [5, 5.41) is 18.9. The molecule has 1 heterocycles. The van der Waals surface area contributed by atoms with Gasteiger partial charge in [0.1, 0.15) is 11.3 Å². The lowest BCUT2D eigenvalue weighted by Gasteiger charge is -2.31. The van der Waals surface area contributed by atoms with E-state index in [2.05, 4.69) is 0 Å². The quantitative estimate of drug-likeness (QED) is 0.864. The SMILES string of the molecule is CC1(C(=O)O)CCCN1C(=O)Cc1ccccc1O. The highest BCUT2D eigenvalue weighted by molar-refractivity contribution is 5.88. The number of nitrogens with zero attached hydrogens (tertiary/aromatic N) is 1. The number of aliphatic carboxylic acids is 1. The molecule has 0 radical (unpaired) electrons. The zero-order chi connectivity index (χ0) is 14.0. The van der Waals surface area contributed by atoms with Crippen LogP contribution in [0.3, 0.4) is 0 Å². The summed E-state index contributed by atoms with van der Waals surface area (Å²) < 4.78 is 0. The van der Waals surface area contributed by atoms with E-state index in [-0.39, 0.29) is 18.1 Å². The van der Waals surface area contributed by atoms with Gasteiger partial charge in [-0.2, -0.15) is 0 Å². The summed E-state index contributed by atoms with van der Waals surface area (Å²) in [7, 11) is 0. The molecule has 19 heavy (non-hydrogen) atoms. The predicted octanol–water partition coefficient (Wildman–Crippen LogP) is 1.40. The van der Waals surface area contributed by atoms with Crippen molar-refractivity contribution in [3.05, 3.63) is 29.8 Å². The van der Waals surface area contributed by atoms with Gasteiger partial charge in [0.25, 0.3) is 0 Å². The molecule has 1 aromatic rings. The molecular formula is C14H17NO4. The number of carboxylic acid groups (broad SMARTS) is 1. The molecule has 1 aliphatic heterocycles. The van der Waals surface area contributed by atoms with Crippen LogP contribution in [0.2, 0.25) is 0 Å². The summed E-state index contributed by atoms with van der Waals surface area (Å²) in [6.07, 6.45) is 1.18. The van der Waals surface area contributed by atoms with E-state index in [1.165, 1.54) is 11.0 Å². The second kappa shape index (κ2) is 4.91. The number of rotatable bonds is 3. The molecule has 2 N–H and O–H groups in total. The number of carbonyl (C=O) groups is 2. The minimum absolute atomic E-state index is 0.0234. The number of amides is 1. The lowest BCUT2D eigenvalue weighted by Crippen LogP contribution is -2.51. The van der Waals surface area contributed by atoms with Crippen LogP contribution in [-0.2, 0) is 16.0 Å². The maximum absolute atomic E-state index is 12.2. The molecule has 1 amide bonds. The van der Waals surface area contributed by atoms with Crippen molar-refractivity contribution in [3.63, 3.8) is 0 Å². The standard InChI is InChI=1S/C14H17NO4/c1-14(13(18)19)7-4-8-15(14)12(17)9-10-5-2-3-6-11(10)16/h2-3,5-6,16H,4,7-9H2,1H3,(H,18,19). The molecule has 2 rings (SSSR count). The van der Waals surface area contributed by atoms with Crippen molar-refractivity contribution in [2.24, 2.45) is 0 Å². The molecule has 1 aliphatic rings. The van der Waals surface area contributed by atoms with Gasteiger partial charge in [0.05, 0.1) is 6.42 Å². The van der Waals surface area contributed by atoms with Crippen LogP contribution >= 0.6 is 0 Å². The minimum atomic E-state index is -1.12. The first-order chi connectivity index (χ1) is 8.95. The van der Waals surface area contributed by atoms with Crippen LogP contribution < -0.4 is 0 Å². The largest absolute Gasteiger partial charge is 0.508 e. The molecule has 0 aliphatic carbocycles. The van der Waals surface area contributed by atoms with Crippen LogP contribution in [0.4, 0.5) is 0 Å². The second-order valence-corrected chi connectivity index (χ2v) is 5.03. The molecule has 1 unspecified atom stereocenters. The summed E-state index contributed by atoms with van der Waals surface area (Å²) in [5.74, 6) is -1.17.